The molecule has 0 saturated heterocycles. The second-order valence-electron chi connectivity index (χ2n) is 12.6. The number of benzene rings is 1. The highest BCUT2D eigenvalue weighted by Gasteiger charge is 2.34. The van der Waals surface area contributed by atoms with Crippen molar-refractivity contribution in [2.24, 2.45) is 17.8 Å². The zero-order valence-corrected chi connectivity index (χ0v) is 24.4. The summed E-state index contributed by atoms with van der Waals surface area (Å²) in [5.74, 6) is 4.77. The Morgan fingerprint density at radius 1 is 0.765 bits per heavy atom. The van der Waals surface area contributed by atoms with Crippen molar-refractivity contribution in [3.05, 3.63) is 22.3 Å². The Kier molecular flexibility index (Phi) is 11.3. The topological polar surface area (TPSA) is 18.5 Å². The molecule has 196 valence electrons. The lowest BCUT2D eigenvalue weighted by molar-refractivity contribution is 0.0510. The first-order chi connectivity index (χ1) is 15.9. The van der Waals surface area contributed by atoms with Crippen molar-refractivity contribution in [1.82, 2.24) is 0 Å². The van der Waals surface area contributed by atoms with Crippen LogP contribution in [0.2, 0.25) is 0 Å². The van der Waals surface area contributed by atoms with Crippen LogP contribution < -0.4 is 9.47 Å². The van der Waals surface area contributed by atoms with Gasteiger partial charge in [0.2, 0.25) is 0 Å². The average molecular weight is 474 g/mol. The van der Waals surface area contributed by atoms with Crippen LogP contribution in [0.4, 0.5) is 0 Å². The molecule has 2 nitrogen and oxygen atoms in total. The van der Waals surface area contributed by atoms with Gasteiger partial charge >= 0.3 is 0 Å². The molecule has 2 rings (SSSR count). The number of rotatable bonds is 14. The largest absolute Gasteiger partial charge is 0.490 e. The summed E-state index contributed by atoms with van der Waals surface area (Å²) in [6.45, 7) is 22.7. The van der Waals surface area contributed by atoms with Gasteiger partial charge in [-0.2, -0.15) is 0 Å². The molecule has 0 radical (unpaired) electrons. The fraction of sp³-hybridized carbons (Fsp3) is 0.812. The molecule has 0 fully saturated rings. The molecule has 1 aliphatic rings. The molecule has 0 aromatic heterocycles. The molecular formula is C32H56O2. The van der Waals surface area contributed by atoms with Crippen LogP contribution in [0.25, 0.3) is 0 Å². The summed E-state index contributed by atoms with van der Waals surface area (Å²) in [5, 5.41) is 0. The van der Waals surface area contributed by atoms with Crippen molar-refractivity contribution in [2.75, 3.05) is 0 Å². The van der Waals surface area contributed by atoms with Crippen LogP contribution >= 0.6 is 0 Å². The third kappa shape index (κ3) is 8.49. The summed E-state index contributed by atoms with van der Waals surface area (Å²) in [6.07, 6.45) is 14.5. The van der Waals surface area contributed by atoms with Crippen LogP contribution in [0.15, 0.2) is 0 Å². The number of hydrogen-bond acceptors (Lipinski definition) is 2. The first kappa shape index (κ1) is 29.1. The molecule has 1 aromatic rings. The standard InChI is InChI=1S/C32H56O2/c1-22(2)14-11-15-24(5)16-12-17-25(6)18-13-20-32(10)21-19-29-28(9)30(33-23(3)4)26(7)27(8)31(29)34-32/h22-25H,11-21H2,1-10H3/t24-,25-,32-/m1/s1/i9+1. The summed E-state index contributed by atoms with van der Waals surface area (Å²) < 4.78 is 13.0. The lowest BCUT2D eigenvalue weighted by atomic mass is 9.84. The maximum atomic E-state index is 6.76. The molecule has 0 amide bonds. The lowest BCUT2D eigenvalue weighted by Crippen LogP contribution is -2.37. The molecule has 34 heavy (non-hydrogen) atoms. The number of fused-ring (bicyclic) bond motifs is 1. The van der Waals surface area contributed by atoms with Gasteiger partial charge in [-0.1, -0.05) is 72.6 Å². The van der Waals surface area contributed by atoms with E-state index in [-0.39, 0.29) is 11.7 Å². The zero-order valence-electron chi connectivity index (χ0n) is 24.4. The molecule has 0 unspecified atom stereocenters. The van der Waals surface area contributed by atoms with Crippen LogP contribution in [0.1, 0.15) is 135 Å². The van der Waals surface area contributed by atoms with Crippen LogP contribution in [0.5, 0.6) is 11.5 Å². The van der Waals surface area contributed by atoms with Crippen molar-refractivity contribution >= 4 is 0 Å². The molecule has 0 bridgehead atoms. The Hall–Kier alpha value is -1.18. The average Bonchev–Trinajstić information content (AvgIpc) is 2.74. The van der Waals surface area contributed by atoms with Gasteiger partial charge in [-0.15, -0.1) is 0 Å². The highest BCUT2D eigenvalue weighted by Crippen LogP contribution is 2.45. The molecule has 1 heterocycles. The van der Waals surface area contributed by atoms with E-state index in [1.54, 1.807) is 0 Å². The summed E-state index contributed by atoms with van der Waals surface area (Å²) in [5.41, 5.74) is 5.11. The fourth-order valence-electron chi connectivity index (χ4n) is 5.67. The molecule has 2 heteroatoms. The van der Waals surface area contributed by atoms with Gasteiger partial charge < -0.3 is 9.47 Å². The maximum absolute atomic E-state index is 6.76. The molecule has 0 aliphatic carbocycles. The van der Waals surface area contributed by atoms with Crippen LogP contribution in [0, 0.1) is 38.5 Å². The normalized spacial score (nSPS) is 19.8. The molecule has 0 N–H and O–H groups in total. The smallest absolute Gasteiger partial charge is 0.127 e. The van der Waals surface area contributed by atoms with E-state index in [1.807, 2.05) is 0 Å². The third-order valence-electron chi connectivity index (χ3n) is 8.19. The number of hydrogen-bond donors (Lipinski definition) is 0. The van der Waals surface area contributed by atoms with E-state index in [0.717, 1.165) is 48.5 Å². The van der Waals surface area contributed by atoms with E-state index in [1.165, 1.54) is 73.6 Å². The maximum Gasteiger partial charge on any atom is 0.127 e. The third-order valence-corrected chi connectivity index (χ3v) is 8.19. The van der Waals surface area contributed by atoms with Crippen molar-refractivity contribution in [2.45, 2.75) is 152 Å². The van der Waals surface area contributed by atoms with Crippen LogP contribution in [0.3, 0.4) is 0 Å². The van der Waals surface area contributed by atoms with E-state index in [2.05, 4.69) is 69.2 Å². The van der Waals surface area contributed by atoms with Crippen molar-refractivity contribution in [1.29, 1.82) is 0 Å². The van der Waals surface area contributed by atoms with E-state index >= 15 is 0 Å². The van der Waals surface area contributed by atoms with E-state index in [4.69, 9.17) is 9.47 Å². The Bertz CT molecular complexity index is 763. The minimum absolute atomic E-state index is 0.0400. The first-order valence-corrected chi connectivity index (χ1v) is 14.4. The van der Waals surface area contributed by atoms with Gasteiger partial charge in [0.05, 0.1) is 6.10 Å². The first-order valence-electron chi connectivity index (χ1n) is 14.4. The Labute approximate surface area is 212 Å². The number of ether oxygens (including phenoxy) is 2. The van der Waals surface area contributed by atoms with Gasteiger partial charge in [0.1, 0.15) is 17.1 Å². The second kappa shape index (κ2) is 13.2. The van der Waals surface area contributed by atoms with Gasteiger partial charge in [-0.05, 0) is 102 Å². The fourth-order valence-corrected chi connectivity index (χ4v) is 5.67. The molecule has 1 aliphatic heterocycles. The van der Waals surface area contributed by atoms with Gasteiger partial charge in [0.25, 0.3) is 0 Å². The van der Waals surface area contributed by atoms with Gasteiger partial charge in [-0.25, -0.2) is 0 Å². The summed E-state index contributed by atoms with van der Waals surface area (Å²) in [6, 6.07) is 0. The van der Waals surface area contributed by atoms with Crippen molar-refractivity contribution in [3.63, 3.8) is 0 Å². The van der Waals surface area contributed by atoms with Crippen molar-refractivity contribution in [3.8, 4) is 11.5 Å². The molecule has 1 aromatic carbocycles. The Morgan fingerprint density at radius 3 is 1.88 bits per heavy atom. The summed E-state index contributed by atoms with van der Waals surface area (Å²) in [4.78, 5) is 0. The minimum atomic E-state index is -0.0400. The molecular weight excluding hydrogens is 417 g/mol. The minimum Gasteiger partial charge on any atom is -0.490 e. The predicted molar refractivity (Wildman–Crippen MR) is 148 cm³/mol. The van der Waals surface area contributed by atoms with Gasteiger partial charge in [0, 0.05) is 5.56 Å². The Morgan fingerprint density at radius 2 is 1.32 bits per heavy atom. The summed E-state index contributed by atoms with van der Waals surface area (Å²) in [7, 11) is 0. The van der Waals surface area contributed by atoms with Gasteiger partial charge in [0.15, 0.2) is 0 Å². The molecule has 3 atom stereocenters. The van der Waals surface area contributed by atoms with Gasteiger partial charge in [-0.3, -0.25) is 0 Å². The van der Waals surface area contributed by atoms with E-state index in [0.29, 0.717) is 0 Å². The highest BCUT2D eigenvalue weighted by molar-refractivity contribution is 5.59. The molecule has 0 saturated carbocycles. The Balaban J connectivity index is 1.82. The monoisotopic (exact) mass is 473 g/mol. The zero-order chi connectivity index (χ0) is 25.5. The summed E-state index contributed by atoms with van der Waals surface area (Å²) >= 11 is 0. The van der Waals surface area contributed by atoms with Crippen molar-refractivity contribution < 1.29 is 9.47 Å². The quantitative estimate of drug-likeness (QED) is 0.250. The van der Waals surface area contributed by atoms with E-state index in [9.17, 15) is 0 Å². The van der Waals surface area contributed by atoms with Crippen LogP contribution in [-0.4, -0.2) is 11.7 Å². The lowest BCUT2D eigenvalue weighted by Gasteiger charge is -2.38. The predicted octanol–water partition coefficient (Wildman–Crippen LogP) is 9.92. The second-order valence-corrected chi connectivity index (χ2v) is 12.6. The van der Waals surface area contributed by atoms with E-state index < -0.39 is 0 Å². The SMILES string of the molecule is Cc1c(C)c2c(c([13CH3])c1OC(C)C)CC[C@@](C)(CCC[C@H](C)CCC[C@H](C)CCCC(C)C)O2. The highest BCUT2D eigenvalue weighted by atomic mass is 16.5. The van der Waals surface area contributed by atoms with Crippen LogP contribution in [-0.2, 0) is 6.42 Å². The molecule has 0 spiro atoms.